The zero-order chi connectivity index (χ0) is 15.2. The first-order valence-electron chi connectivity index (χ1n) is 7.27. The molecule has 5 nitrogen and oxygen atoms in total. The molecule has 7 heteroatoms. The molecule has 0 radical (unpaired) electrons. The molecule has 1 atom stereocenters. The van der Waals surface area contributed by atoms with E-state index in [2.05, 4.69) is 5.32 Å². The summed E-state index contributed by atoms with van der Waals surface area (Å²) in [4.78, 5) is 0. The van der Waals surface area contributed by atoms with Gasteiger partial charge in [-0.3, -0.25) is 5.32 Å². The lowest BCUT2D eigenvalue weighted by atomic mass is 9.54. The van der Waals surface area contributed by atoms with Crippen molar-refractivity contribution in [3.05, 3.63) is 48.5 Å². The third-order valence-electron chi connectivity index (χ3n) is 4.39. The average Bonchev–Trinajstić information content (AvgIpc) is 2.60. The van der Waals surface area contributed by atoms with Crippen LogP contribution in [-0.2, 0) is 13.9 Å². The van der Waals surface area contributed by atoms with Crippen LogP contribution >= 0.6 is 0 Å². The predicted molar refractivity (Wildman–Crippen MR) is 88.4 cm³/mol. The number of hydrogen-bond donors (Lipinski definition) is 1. The van der Waals surface area contributed by atoms with Gasteiger partial charge >= 0.3 is 13.8 Å². The second kappa shape index (κ2) is 4.98. The van der Waals surface area contributed by atoms with Crippen LogP contribution in [-0.4, -0.2) is 38.8 Å². The van der Waals surface area contributed by atoms with Gasteiger partial charge in [0, 0.05) is 12.6 Å². The van der Waals surface area contributed by atoms with Gasteiger partial charge in [0.15, 0.2) is 6.34 Å². The third kappa shape index (κ3) is 1.70. The molecule has 4 rings (SSSR count). The number of nitrogens with one attached hydrogen (secondary N) is 1. The summed E-state index contributed by atoms with van der Waals surface area (Å²) in [7, 11) is 2.85. The fraction of sp³-hybridized carbons (Fsp3) is 0.133. The van der Waals surface area contributed by atoms with E-state index in [1.165, 1.54) is 0 Å². The summed E-state index contributed by atoms with van der Waals surface area (Å²) >= 11 is 0. The topological polar surface area (TPSA) is 42.7 Å². The standard InChI is InChI=1S/C15H16B2N2O3/c1-20-16-12-7-3-6-10-15(12)19-11-18-14-9-5-4-8-13(14)17(19,21-2)22-16/h3-11,18H,1-2H3/t17-/m1/s1. The highest BCUT2D eigenvalue weighted by Crippen LogP contribution is 2.29. The molecule has 0 spiro atoms. The molecule has 2 heterocycles. The van der Waals surface area contributed by atoms with Crippen LogP contribution in [0.15, 0.2) is 48.5 Å². The minimum Gasteiger partial charge on any atom is -0.564 e. The monoisotopic (exact) mass is 294 g/mol. The fourth-order valence-corrected chi connectivity index (χ4v) is 3.37. The van der Waals surface area contributed by atoms with Crippen molar-refractivity contribution in [3.63, 3.8) is 0 Å². The van der Waals surface area contributed by atoms with Gasteiger partial charge in [0.2, 0.25) is 0 Å². The highest BCUT2D eigenvalue weighted by Gasteiger charge is 2.51. The number of para-hydroxylation sites is 2. The number of nitrogens with zero attached hydrogens (tertiary/aromatic N) is 1. The van der Waals surface area contributed by atoms with Gasteiger partial charge in [-0.1, -0.05) is 41.9 Å². The van der Waals surface area contributed by atoms with E-state index < -0.39 is 13.8 Å². The normalized spacial score (nSPS) is 22.1. The number of rotatable bonds is 2. The molecule has 2 aliphatic heterocycles. The molecule has 0 saturated heterocycles. The summed E-state index contributed by atoms with van der Waals surface area (Å²) in [5, 5.41) is 3.31. The lowest BCUT2D eigenvalue weighted by Crippen LogP contribution is -2.71. The van der Waals surface area contributed by atoms with Crippen molar-refractivity contribution in [2.75, 3.05) is 19.5 Å². The number of hydrogen-bond acceptors (Lipinski definition) is 4. The summed E-state index contributed by atoms with van der Waals surface area (Å²) in [5.74, 6) is 0. The van der Waals surface area contributed by atoms with Crippen molar-refractivity contribution < 1.29 is 18.4 Å². The summed E-state index contributed by atoms with van der Waals surface area (Å²) in [6.07, 6.45) is 1.90. The number of benzene rings is 2. The summed E-state index contributed by atoms with van der Waals surface area (Å²) in [6.45, 7) is -1.85. The molecular formula is C15H16B2N2O3. The van der Waals surface area contributed by atoms with E-state index in [0.29, 0.717) is 0 Å². The lowest BCUT2D eigenvalue weighted by molar-refractivity contribution is -0.334. The molecule has 0 amide bonds. The number of fused-ring (bicyclic) bond motifs is 5. The molecular weight excluding hydrogens is 278 g/mol. The quantitative estimate of drug-likeness (QED) is 0.826. The van der Waals surface area contributed by atoms with E-state index >= 15 is 0 Å². The van der Waals surface area contributed by atoms with E-state index in [1.54, 1.807) is 14.2 Å². The summed E-state index contributed by atoms with van der Waals surface area (Å²) in [5.41, 5.74) is 3.96. The first-order chi connectivity index (χ1) is 10.8. The Labute approximate surface area is 129 Å². The van der Waals surface area contributed by atoms with Crippen molar-refractivity contribution in [3.8, 4) is 0 Å². The van der Waals surface area contributed by atoms with E-state index in [4.69, 9.17) is 13.9 Å². The highest BCUT2D eigenvalue weighted by molar-refractivity contribution is 6.85. The van der Waals surface area contributed by atoms with Gasteiger partial charge in [0.1, 0.15) is 0 Å². The zero-order valence-electron chi connectivity index (χ0n) is 12.5. The SMILES string of the molecule is COB1O[B@-]2(OC)c3ccccc3NC=[N+]2c2ccccc21. The van der Waals surface area contributed by atoms with Crippen LogP contribution < -0.4 is 16.2 Å². The van der Waals surface area contributed by atoms with Gasteiger partial charge in [0.05, 0.1) is 11.4 Å². The summed E-state index contributed by atoms with van der Waals surface area (Å²) in [6, 6.07) is 16.0. The van der Waals surface area contributed by atoms with Crippen molar-refractivity contribution >= 4 is 42.4 Å². The molecule has 0 fully saturated rings. The van der Waals surface area contributed by atoms with Crippen LogP contribution in [0.4, 0.5) is 11.4 Å². The van der Waals surface area contributed by atoms with Crippen LogP contribution in [0, 0.1) is 0 Å². The van der Waals surface area contributed by atoms with Crippen LogP contribution in [0.3, 0.4) is 0 Å². The molecule has 2 aromatic carbocycles. The molecule has 1 N–H and O–H groups in total. The molecule has 110 valence electrons. The minimum atomic E-state index is -1.85. The molecule has 2 aromatic rings. The first kappa shape index (κ1) is 13.6. The third-order valence-corrected chi connectivity index (χ3v) is 4.39. The lowest BCUT2D eigenvalue weighted by Gasteiger charge is -2.47. The Morgan fingerprint density at radius 2 is 1.86 bits per heavy atom. The van der Waals surface area contributed by atoms with Gasteiger partial charge in [-0.25, -0.2) is 0 Å². The van der Waals surface area contributed by atoms with Gasteiger partial charge in [-0.05, 0) is 19.2 Å². The average molecular weight is 294 g/mol. The van der Waals surface area contributed by atoms with Crippen molar-refractivity contribution in [1.82, 2.24) is 0 Å². The van der Waals surface area contributed by atoms with Gasteiger partial charge in [-0.15, -0.1) is 0 Å². The van der Waals surface area contributed by atoms with Crippen LogP contribution in [0.25, 0.3) is 0 Å². The van der Waals surface area contributed by atoms with E-state index in [9.17, 15) is 0 Å². The minimum absolute atomic E-state index is 0.466. The zero-order valence-corrected chi connectivity index (χ0v) is 12.5. The first-order valence-corrected chi connectivity index (χ1v) is 7.27. The fourth-order valence-electron chi connectivity index (χ4n) is 3.37. The molecule has 22 heavy (non-hydrogen) atoms. The molecule has 0 aromatic heterocycles. The Morgan fingerprint density at radius 1 is 1.09 bits per heavy atom. The van der Waals surface area contributed by atoms with E-state index in [0.717, 1.165) is 22.3 Å². The second-order valence-corrected chi connectivity index (χ2v) is 5.44. The van der Waals surface area contributed by atoms with Gasteiger partial charge < -0.3 is 18.4 Å². The predicted octanol–water partition coefficient (Wildman–Crippen LogP) is 0.649. The Hall–Kier alpha value is -2.08. The molecule has 2 aliphatic rings. The molecule has 0 aliphatic carbocycles. The van der Waals surface area contributed by atoms with Crippen LogP contribution in [0.2, 0.25) is 0 Å². The maximum Gasteiger partial charge on any atom is 0.473 e. The van der Waals surface area contributed by atoms with Crippen LogP contribution in [0.1, 0.15) is 0 Å². The largest absolute Gasteiger partial charge is 0.564 e. The summed E-state index contributed by atoms with van der Waals surface area (Å²) < 4.78 is 19.8. The Kier molecular flexibility index (Phi) is 3.07. The van der Waals surface area contributed by atoms with Gasteiger partial charge in [0.25, 0.3) is 0 Å². The smallest absolute Gasteiger partial charge is 0.473 e. The highest BCUT2D eigenvalue weighted by atomic mass is 16.7. The molecule has 0 bridgehead atoms. The maximum absolute atomic E-state index is 6.30. The van der Waals surface area contributed by atoms with Crippen molar-refractivity contribution in [2.45, 2.75) is 0 Å². The maximum atomic E-state index is 6.30. The number of anilines is 1. The Balaban J connectivity index is 1.99. The van der Waals surface area contributed by atoms with Crippen molar-refractivity contribution in [1.29, 1.82) is 0 Å². The van der Waals surface area contributed by atoms with Crippen molar-refractivity contribution in [2.24, 2.45) is 0 Å². The van der Waals surface area contributed by atoms with Crippen LogP contribution in [0.5, 0.6) is 0 Å². The van der Waals surface area contributed by atoms with E-state index in [-0.39, 0.29) is 0 Å². The van der Waals surface area contributed by atoms with Gasteiger partial charge in [-0.2, -0.15) is 0 Å². The van der Waals surface area contributed by atoms with E-state index in [1.807, 2.05) is 59.4 Å². The molecule has 0 unspecified atom stereocenters. The Morgan fingerprint density at radius 3 is 2.68 bits per heavy atom. The Bertz CT molecular complexity index is 768. The molecule has 0 saturated carbocycles. The second-order valence-electron chi connectivity index (χ2n) is 5.44.